The first-order chi connectivity index (χ1) is 16.5. The summed E-state index contributed by atoms with van der Waals surface area (Å²) in [6.45, 7) is 12.2. The summed E-state index contributed by atoms with van der Waals surface area (Å²) in [7, 11) is 0. The Morgan fingerprint density at radius 2 is 1.74 bits per heavy atom. The highest BCUT2D eigenvalue weighted by Gasteiger charge is 2.19. The quantitative estimate of drug-likeness (QED) is 0.507. The number of aryl methyl sites for hydroxylation is 2. The fourth-order valence-corrected chi connectivity index (χ4v) is 4.65. The maximum absolute atomic E-state index is 13.3. The Balaban J connectivity index is 1.56. The number of hydrogen-bond donors (Lipinski definition) is 1. The third-order valence-corrected chi connectivity index (χ3v) is 6.67. The van der Waals surface area contributed by atoms with Crippen molar-refractivity contribution in [3.8, 4) is 0 Å². The van der Waals surface area contributed by atoms with E-state index in [0.717, 1.165) is 63.2 Å². The van der Waals surface area contributed by atoms with Crippen molar-refractivity contribution in [1.82, 2.24) is 14.7 Å². The number of hydrogen-bond acceptors (Lipinski definition) is 5. The maximum Gasteiger partial charge on any atom is 0.276 e. The van der Waals surface area contributed by atoms with Crippen LogP contribution in [0.1, 0.15) is 49.2 Å². The molecule has 1 N–H and O–H groups in total. The van der Waals surface area contributed by atoms with Gasteiger partial charge < -0.3 is 15.1 Å². The third kappa shape index (κ3) is 5.14. The number of benzene rings is 2. The predicted molar refractivity (Wildman–Crippen MR) is 139 cm³/mol. The number of carbonyl (C=O) groups is 1. The Labute approximate surface area is 201 Å². The van der Waals surface area contributed by atoms with Crippen LogP contribution in [0.25, 0.3) is 10.8 Å². The average molecular weight is 462 g/mol. The SMILES string of the molecule is CCCCCn1nc(C(=O)Nc2ccc(N3CCN(CC)CC3)c(C)c2)c2ccccc2c1=O. The van der Waals surface area contributed by atoms with Crippen molar-refractivity contribution in [1.29, 1.82) is 0 Å². The lowest BCUT2D eigenvalue weighted by molar-refractivity contribution is 0.102. The molecule has 2 heterocycles. The predicted octanol–water partition coefficient (Wildman–Crippen LogP) is 4.29. The topological polar surface area (TPSA) is 70.5 Å². The molecule has 7 heteroatoms. The number of nitrogens with one attached hydrogen (secondary N) is 1. The van der Waals surface area contributed by atoms with Gasteiger partial charge in [-0.3, -0.25) is 9.59 Å². The minimum atomic E-state index is -0.302. The van der Waals surface area contributed by atoms with Crippen LogP contribution in [-0.4, -0.2) is 53.3 Å². The number of unbranched alkanes of at least 4 members (excludes halogenated alkanes) is 2. The molecule has 0 aliphatic carbocycles. The molecule has 0 saturated carbocycles. The number of aromatic nitrogens is 2. The van der Waals surface area contributed by atoms with E-state index in [1.54, 1.807) is 12.1 Å². The van der Waals surface area contributed by atoms with Gasteiger partial charge >= 0.3 is 0 Å². The number of amides is 1. The minimum Gasteiger partial charge on any atom is -0.369 e. The van der Waals surface area contributed by atoms with E-state index in [-0.39, 0.29) is 17.2 Å². The smallest absolute Gasteiger partial charge is 0.276 e. The third-order valence-electron chi connectivity index (χ3n) is 6.67. The van der Waals surface area contributed by atoms with Crippen molar-refractivity contribution in [2.24, 2.45) is 0 Å². The number of anilines is 2. The molecule has 1 aromatic heterocycles. The fraction of sp³-hybridized carbons (Fsp3) is 0.444. The van der Waals surface area contributed by atoms with Gasteiger partial charge in [-0.2, -0.15) is 5.10 Å². The molecule has 1 aliphatic heterocycles. The van der Waals surface area contributed by atoms with Crippen molar-refractivity contribution in [2.75, 3.05) is 42.9 Å². The van der Waals surface area contributed by atoms with Gasteiger partial charge in [-0.05, 0) is 49.7 Å². The van der Waals surface area contributed by atoms with Crippen molar-refractivity contribution in [3.63, 3.8) is 0 Å². The van der Waals surface area contributed by atoms with Gasteiger partial charge in [0.25, 0.3) is 11.5 Å². The highest BCUT2D eigenvalue weighted by molar-refractivity contribution is 6.11. The molecular weight excluding hydrogens is 426 g/mol. The van der Waals surface area contributed by atoms with Crippen LogP contribution in [0.5, 0.6) is 0 Å². The first-order valence-corrected chi connectivity index (χ1v) is 12.4. The molecule has 7 nitrogen and oxygen atoms in total. The Kier molecular flexibility index (Phi) is 7.63. The van der Waals surface area contributed by atoms with Crippen LogP contribution in [0.3, 0.4) is 0 Å². The summed E-state index contributed by atoms with van der Waals surface area (Å²) in [5.74, 6) is -0.302. The van der Waals surface area contributed by atoms with E-state index in [1.807, 2.05) is 24.3 Å². The van der Waals surface area contributed by atoms with Crippen molar-refractivity contribution in [2.45, 2.75) is 46.6 Å². The van der Waals surface area contributed by atoms with Gasteiger partial charge in [-0.15, -0.1) is 0 Å². The molecule has 1 amide bonds. The Bertz CT molecular complexity index is 1210. The summed E-state index contributed by atoms with van der Waals surface area (Å²) in [6.07, 6.45) is 2.93. The van der Waals surface area contributed by atoms with Gasteiger partial charge in [0.1, 0.15) is 0 Å². The first kappa shape index (κ1) is 24.0. The molecule has 34 heavy (non-hydrogen) atoms. The molecule has 180 valence electrons. The molecule has 3 aromatic rings. The lowest BCUT2D eigenvalue weighted by Crippen LogP contribution is -2.46. The number of carbonyl (C=O) groups excluding carboxylic acids is 1. The number of rotatable bonds is 8. The molecule has 0 radical (unpaired) electrons. The second-order valence-corrected chi connectivity index (χ2v) is 9.01. The Hall–Kier alpha value is -3.19. The van der Waals surface area contributed by atoms with Gasteiger partial charge in [0, 0.05) is 49.5 Å². The van der Waals surface area contributed by atoms with Crippen LogP contribution < -0.4 is 15.8 Å². The van der Waals surface area contributed by atoms with Gasteiger partial charge in [-0.1, -0.05) is 44.9 Å². The monoisotopic (exact) mass is 461 g/mol. The number of likely N-dealkylation sites (N-methyl/N-ethyl adjacent to an activating group) is 1. The summed E-state index contributed by atoms with van der Waals surface area (Å²) >= 11 is 0. The van der Waals surface area contributed by atoms with Crippen molar-refractivity contribution >= 4 is 28.1 Å². The lowest BCUT2D eigenvalue weighted by Gasteiger charge is -2.36. The van der Waals surface area contributed by atoms with E-state index in [4.69, 9.17) is 0 Å². The highest BCUT2D eigenvalue weighted by Crippen LogP contribution is 2.25. The summed E-state index contributed by atoms with van der Waals surface area (Å²) in [5.41, 5.74) is 3.20. The van der Waals surface area contributed by atoms with Gasteiger partial charge in [0.05, 0.1) is 5.39 Å². The Morgan fingerprint density at radius 3 is 2.41 bits per heavy atom. The summed E-state index contributed by atoms with van der Waals surface area (Å²) in [6, 6.07) is 13.3. The molecular formula is C27H35N5O2. The summed E-state index contributed by atoms with van der Waals surface area (Å²) in [4.78, 5) is 31.0. The molecule has 2 aromatic carbocycles. The van der Waals surface area contributed by atoms with Crippen LogP contribution in [0, 0.1) is 6.92 Å². The highest BCUT2D eigenvalue weighted by atomic mass is 16.2. The molecule has 0 atom stereocenters. The zero-order valence-electron chi connectivity index (χ0n) is 20.5. The second kappa shape index (κ2) is 10.8. The molecule has 0 bridgehead atoms. The zero-order valence-corrected chi connectivity index (χ0v) is 20.5. The maximum atomic E-state index is 13.3. The molecule has 4 rings (SSSR count). The fourth-order valence-electron chi connectivity index (χ4n) is 4.65. The van der Waals surface area contributed by atoms with E-state index in [2.05, 4.69) is 47.1 Å². The van der Waals surface area contributed by atoms with Crippen LogP contribution in [0.15, 0.2) is 47.3 Å². The van der Waals surface area contributed by atoms with Crippen LogP contribution in [0.4, 0.5) is 11.4 Å². The van der Waals surface area contributed by atoms with E-state index in [0.29, 0.717) is 17.3 Å². The molecule has 1 saturated heterocycles. The van der Waals surface area contributed by atoms with E-state index in [1.165, 1.54) is 10.4 Å². The molecule has 1 aliphatic rings. The van der Waals surface area contributed by atoms with E-state index >= 15 is 0 Å². The average Bonchev–Trinajstić information content (AvgIpc) is 2.86. The Morgan fingerprint density at radius 1 is 1.00 bits per heavy atom. The van der Waals surface area contributed by atoms with E-state index in [9.17, 15) is 9.59 Å². The van der Waals surface area contributed by atoms with Gasteiger partial charge in [-0.25, -0.2) is 4.68 Å². The minimum absolute atomic E-state index is 0.147. The zero-order chi connectivity index (χ0) is 24.1. The normalized spacial score (nSPS) is 14.5. The second-order valence-electron chi connectivity index (χ2n) is 9.01. The van der Waals surface area contributed by atoms with Crippen LogP contribution in [-0.2, 0) is 6.54 Å². The summed E-state index contributed by atoms with van der Waals surface area (Å²) < 4.78 is 1.44. The first-order valence-electron chi connectivity index (χ1n) is 12.4. The largest absolute Gasteiger partial charge is 0.369 e. The number of fused-ring (bicyclic) bond motifs is 1. The van der Waals surface area contributed by atoms with Crippen LogP contribution in [0.2, 0.25) is 0 Å². The van der Waals surface area contributed by atoms with Crippen molar-refractivity contribution < 1.29 is 4.79 Å². The molecule has 1 fully saturated rings. The summed E-state index contributed by atoms with van der Waals surface area (Å²) in [5, 5.41) is 8.59. The van der Waals surface area contributed by atoms with Crippen molar-refractivity contribution in [3.05, 3.63) is 64.1 Å². The number of piperazine rings is 1. The lowest BCUT2D eigenvalue weighted by atomic mass is 10.1. The standard InChI is InChI=1S/C27H35N5O2/c1-4-6-9-14-32-27(34)23-11-8-7-10-22(23)25(29-32)26(33)28-21-12-13-24(20(3)19-21)31-17-15-30(5-2)16-18-31/h7-8,10-13,19H,4-6,9,14-18H2,1-3H3,(H,28,33). The molecule has 0 spiro atoms. The van der Waals surface area contributed by atoms with E-state index < -0.39 is 0 Å². The van der Waals surface area contributed by atoms with Gasteiger partial charge in [0.15, 0.2) is 5.69 Å². The van der Waals surface area contributed by atoms with Gasteiger partial charge in [0.2, 0.25) is 0 Å². The molecule has 0 unspecified atom stereocenters. The van der Waals surface area contributed by atoms with Crippen LogP contribution >= 0.6 is 0 Å². The number of nitrogens with zero attached hydrogens (tertiary/aromatic N) is 4.